The van der Waals surface area contributed by atoms with Gasteiger partial charge in [0.2, 0.25) is 0 Å². The van der Waals surface area contributed by atoms with E-state index in [9.17, 15) is 0 Å². The molecule has 0 fully saturated rings. The lowest BCUT2D eigenvalue weighted by atomic mass is 10.1. The Hall–Kier alpha value is -2.38. The SMILES string of the molecule is CNCc1nc(C)ccc1OCc1ccc(C#N)cc1C. The van der Waals surface area contributed by atoms with Gasteiger partial charge in [-0.15, -0.1) is 0 Å². The molecule has 2 aromatic rings. The summed E-state index contributed by atoms with van der Waals surface area (Å²) in [4.78, 5) is 4.49. The summed E-state index contributed by atoms with van der Waals surface area (Å²) in [5.74, 6) is 0.790. The van der Waals surface area contributed by atoms with Crippen molar-refractivity contribution >= 4 is 0 Å². The number of nitriles is 1. The van der Waals surface area contributed by atoms with Crippen LogP contribution in [0.4, 0.5) is 0 Å². The third-order valence-corrected chi connectivity index (χ3v) is 3.27. The molecule has 0 bridgehead atoms. The normalized spacial score (nSPS) is 10.2. The standard InChI is InChI=1S/C17H19N3O/c1-12-8-14(9-18)5-6-15(12)11-21-17-7-4-13(2)20-16(17)10-19-3/h4-8,19H,10-11H2,1-3H3. The van der Waals surface area contributed by atoms with Crippen molar-refractivity contribution in [1.29, 1.82) is 5.26 Å². The third kappa shape index (κ3) is 3.80. The molecule has 21 heavy (non-hydrogen) atoms. The van der Waals surface area contributed by atoms with E-state index < -0.39 is 0 Å². The van der Waals surface area contributed by atoms with E-state index in [0.717, 1.165) is 28.3 Å². The lowest BCUT2D eigenvalue weighted by molar-refractivity contribution is 0.299. The summed E-state index contributed by atoms with van der Waals surface area (Å²) in [5.41, 5.74) is 4.68. The summed E-state index contributed by atoms with van der Waals surface area (Å²) < 4.78 is 5.90. The second-order valence-corrected chi connectivity index (χ2v) is 4.97. The van der Waals surface area contributed by atoms with Gasteiger partial charge in [0.25, 0.3) is 0 Å². The zero-order valence-corrected chi connectivity index (χ0v) is 12.6. The van der Waals surface area contributed by atoms with E-state index in [4.69, 9.17) is 10.00 Å². The number of nitrogens with zero attached hydrogens (tertiary/aromatic N) is 2. The van der Waals surface area contributed by atoms with Crippen molar-refractivity contribution in [2.45, 2.75) is 27.0 Å². The molecule has 0 radical (unpaired) electrons. The second kappa shape index (κ2) is 6.87. The molecule has 0 atom stereocenters. The van der Waals surface area contributed by atoms with Gasteiger partial charge in [-0.25, -0.2) is 0 Å². The zero-order chi connectivity index (χ0) is 15.2. The van der Waals surface area contributed by atoms with Crippen molar-refractivity contribution in [3.63, 3.8) is 0 Å². The molecule has 2 rings (SSSR count). The lowest BCUT2D eigenvalue weighted by Crippen LogP contribution is -2.10. The van der Waals surface area contributed by atoms with Gasteiger partial charge in [-0.2, -0.15) is 5.26 Å². The summed E-state index contributed by atoms with van der Waals surface area (Å²) >= 11 is 0. The topological polar surface area (TPSA) is 57.9 Å². The number of nitrogens with one attached hydrogen (secondary N) is 1. The highest BCUT2D eigenvalue weighted by Crippen LogP contribution is 2.20. The first kappa shape index (κ1) is 15.0. The molecule has 0 saturated heterocycles. The molecule has 1 N–H and O–H groups in total. The molecule has 108 valence electrons. The molecule has 0 aliphatic heterocycles. The van der Waals surface area contributed by atoms with Crippen LogP contribution in [-0.2, 0) is 13.2 Å². The van der Waals surface area contributed by atoms with E-state index in [-0.39, 0.29) is 0 Å². The predicted octanol–water partition coefficient (Wildman–Crippen LogP) is 2.87. The van der Waals surface area contributed by atoms with Gasteiger partial charge in [-0.1, -0.05) is 6.07 Å². The van der Waals surface area contributed by atoms with Crippen LogP contribution in [0.3, 0.4) is 0 Å². The molecule has 0 unspecified atom stereocenters. The molecular formula is C17H19N3O. The largest absolute Gasteiger partial charge is 0.487 e. The molecule has 4 nitrogen and oxygen atoms in total. The van der Waals surface area contributed by atoms with Crippen LogP contribution in [-0.4, -0.2) is 12.0 Å². The first-order valence-electron chi connectivity index (χ1n) is 6.87. The molecule has 0 amide bonds. The molecule has 1 aromatic carbocycles. The van der Waals surface area contributed by atoms with Gasteiger partial charge < -0.3 is 10.1 Å². The maximum absolute atomic E-state index is 8.89. The minimum Gasteiger partial charge on any atom is -0.487 e. The fourth-order valence-electron chi connectivity index (χ4n) is 2.11. The van der Waals surface area contributed by atoms with Gasteiger partial charge >= 0.3 is 0 Å². The summed E-state index contributed by atoms with van der Waals surface area (Å²) in [7, 11) is 1.89. The summed E-state index contributed by atoms with van der Waals surface area (Å²) in [6.45, 7) is 5.09. The highest BCUT2D eigenvalue weighted by atomic mass is 16.5. The van der Waals surface area contributed by atoms with E-state index in [0.29, 0.717) is 18.7 Å². The quantitative estimate of drug-likeness (QED) is 0.915. The number of ether oxygens (including phenoxy) is 1. The van der Waals surface area contributed by atoms with E-state index in [1.165, 1.54) is 0 Å². The molecular weight excluding hydrogens is 262 g/mol. The molecule has 1 heterocycles. The Morgan fingerprint density at radius 1 is 1.24 bits per heavy atom. The molecule has 4 heteroatoms. The van der Waals surface area contributed by atoms with Crippen molar-refractivity contribution in [2.75, 3.05) is 7.05 Å². The van der Waals surface area contributed by atoms with E-state index in [1.807, 2.05) is 51.2 Å². The highest BCUT2D eigenvalue weighted by molar-refractivity contribution is 5.37. The number of rotatable bonds is 5. The third-order valence-electron chi connectivity index (χ3n) is 3.27. The van der Waals surface area contributed by atoms with Gasteiger partial charge in [-0.3, -0.25) is 4.98 Å². The van der Waals surface area contributed by atoms with Gasteiger partial charge in [0.1, 0.15) is 12.4 Å². The van der Waals surface area contributed by atoms with Crippen LogP contribution in [0.2, 0.25) is 0 Å². The fourth-order valence-corrected chi connectivity index (χ4v) is 2.11. The Kier molecular flexibility index (Phi) is 4.91. The number of hydrogen-bond donors (Lipinski definition) is 1. The van der Waals surface area contributed by atoms with Crippen LogP contribution < -0.4 is 10.1 Å². The Bertz CT molecular complexity index is 674. The van der Waals surface area contributed by atoms with Crippen LogP contribution in [0.25, 0.3) is 0 Å². The van der Waals surface area contributed by atoms with Crippen LogP contribution in [0.5, 0.6) is 5.75 Å². The molecule has 0 aliphatic carbocycles. The van der Waals surface area contributed by atoms with Gasteiger partial charge in [0, 0.05) is 12.2 Å². The van der Waals surface area contributed by atoms with Crippen LogP contribution >= 0.6 is 0 Å². The van der Waals surface area contributed by atoms with Gasteiger partial charge in [0.05, 0.1) is 17.3 Å². The smallest absolute Gasteiger partial charge is 0.142 e. The summed E-state index contributed by atoms with van der Waals surface area (Å²) in [5, 5.41) is 12.0. The van der Waals surface area contributed by atoms with Crippen molar-refractivity contribution in [2.24, 2.45) is 0 Å². The van der Waals surface area contributed by atoms with Crippen LogP contribution in [0.15, 0.2) is 30.3 Å². The number of benzene rings is 1. The van der Waals surface area contributed by atoms with E-state index >= 15 is 0 Å². The van der Waals surface area contributed by atoms with Crippen molar-refractivity contribution < 1.29 is 4.74 Å². The number of hydrogen-bond acceptors (Lipinski definition) is 4. The molecule has 0 saturated carbocycles. The summed E-state index contributed by atoms with van der Waals surface area (Å²) in [6, 6.07) is 11.7. The molecule has 1 aromatic heterocycles. The second-order valence-electron chi connectivity index (χ2n) is 4.97. The van der Waals surface area contributed by atoms with E-state index in [1.54, 1.807) is 0 Å². The lowest BCUT2D eigenvalue weighted by Gasteiger charge is -2.12. The minimum absolute atomic E-state index is 0.471. The number of aryl methyl sites for hydroxylation is 2. The van der Waals surface area contributed by atoms with Crippen LogP contribution in [0.1, 0.15) is 28.1 Å². The highest BCUT2D eigenvalue weighted by Gasteiger charge is 2.07. The average molecular weight is 281 g/mol. The van der Waals surface area contributed by atoms with Crippen molar-refractivity contribution in [3.05, 3.63) is 58.4 Å². The summed E-state index contributed by atoms with van der Waals surface area (Å²) in [6.07, 6.45) is 0. The Labute approximate surface area is 125 Å². The van der Waals surface area contributed by atoms with Crippen molar-refractivity contribution in [1.82, 2.24) is 10.3 Å². The van der Waals surface area contributed by atoms with Crippen molar-refractivity contribution in [3.8, 4) is 11.8 Å². The minimum atomic E-state index is 0.471. The van der Waals surface area contributed by atoms with E-state index in [2.05, 4.69) is 16.4 Å². The molecule has 0 aliphatic rings. The fraction of sp³-hybridized carbons (Fsp3) is 0.294. The molecule has 0 spiro atoms. The first-order chi connectivity index (χ1) is 10.1. The maximum Gasteiger partial charge on any atom is 0.142 e. The van der Waals surface area contributed by atoms with Gasteiger partial charge in [0.15, 0.2) is 0 Å². The Morgan fingerprint density at radius 3 is 2.71 bits per heavy atom. The predicted molar refractivity (Wildman–Crippen MR) is 82.0 cm³/mol. The number of aromatic nitrogens is 1. The Balaban J connectivity index is 2.15. The van der Waals surface area contributed by atoms with Gasteiger partial charge in [-0.05, 0) is 56.3 Å². The number of pyridine rings is 1. The van der Waals surface area contributed by atoms with Crippen LogP contribution in [0, 0.1) is 25.2 Å². The first-order valence-corrected chi connectivity index (χ1v) is 6.87. The maximum atomic E-state index is 8.89. The zero-order valence-electron chi connectivity index (χ0n) is 12.6. The monoisotopic (exact) mass is 281 g/mol. The average Bonchev–Trinajstić information content (AvgIpc) is 2.48. The Morgan fingerprint density at radius 2 is 2.05 bits per heavy atom.